The molecule has 2 aromatic heterocycles. The molecule has 1 saturated heterocycles. The third kappa shape index (κ3) is 4.34. The Morgan fingerprint density at radius 1 is 1.16 bits per heavy atom. The van der Waals surface area contributed by atoms with E-state index in [2.05, 4.69) is 16.8 Å². The predicted octanol–water partition coefficient (Wildman–Crippen LogP) is 3.33. The summed E-state index contributed by atoms with van der Waals surface area (Å²) in [6.45, 7) is 9.41. The van der Waals surface area contributed by atoms with Crippen molar-refractivity contribution in [2.75, 3.05) is 43.2 Å². The quantitative estimate of drug-likeness (QED) is 0.588. The second kappa shape index (κ2) is 8.78. The minimum atomic E-state index is -0.440. The SMILES string of the molecule is Cc1c(C(N)=O)sc2c(N3CCN(C)CC3)nc(N(OC(C)C)c3ccccc3)nc12. The molecule has 0 atom stereocenters. The lowest BCUT2D eigenvalue weighted by atomic mass is 10.2. The predicted molar refractivity (Wildman–Crippen MR) is 125 cm³/mol. The molecule has 1 aliphatic heterocycles. The van der Waals surface area contributed by atoms with Gasteiger partial charge in [-0.25, -0.2) is 4.98 Å². The van der Waals surface area contributed by atoms with Crippen LogP contribution in [0.25, 0.3) is 10.2 Å². The molecule has 31 heavy (non-hydrogen) atoms. The molecule has 164 valence electrons. The van der Waals surface area contributed by atoms with Crippen LogP contribution in [0.4, 0.5) is 17.5 Å². The van der Waals surface area contributed by atoms with Gasteiger partial charge in [-0.05, 0) is 45.5 Å². The lowest BCUT2D eigenvalue weighted by Gasteiger charge is -2.34. The number of nitrogens with zero attached hydrogens (tertiary/aromatic N) is 5. The van der Waals surface area contributed by atoms with Crippen LogP contribution in [0.5, 0.6) is 0 Å². The monoisotopic (exact) mass is 440 g/mol. The van der Waals surface area contributed by atoms with Crippen molar-refractivity contribution in [3.8, 4) is 0 Å². The van der Waals surface area contributed by atoms with Crippen molar-refractivity contribution in [3.63, 3.8) is 0 Å². The van der Waals surface area contributed by atoms with E-state index in [0.717, 1.165) is 53.5 Å². The van der Waals surface area contributed by atoms with Gasteiger partial charge in [0.05, 0.1) is 26.9 Å². The van der Waals surface area contributed by atoms with E-state index in [4.69, 9.17) is 20.5 Å². The molecule has 1 fully saturated rings. The van der Waals surface area contributed by atoms with Crippen LogP contribution in [0.2, 0.25) is 0 Å². The van der Waals surface area contributed by atoms with Gasteiger partial charge < -0.3 is 15.5 Å². The Labute approximate surface area is 186 Å². The number of nitrogens with two attached hydrogens (primary N) is 1. The van der Waals surface area contributed by atoms with Gasteiger partial charge in [-0.2, -0.15) is 10.0 Å². The number of aromatic nitrogens is 2. The van der Waals surface area contributed by atoms with E-state index >= 15 is 0 Å². The van der Waals surface area contributed by atoms with Crippen LogP contribution in [0.1, 0.15) is 29.1 Å². The molecular formula is C22H28N6O2S. The maximum absolute atomic E-state index is 12.0. The van der Waals surface area contributed by atoms with Crippen LogP contribution in [-0.4, -0.2) is 60.1 Å². The number of thiophene rings is 1. The highest BCUT2D eigenvalue weighted by molar-refractivity contribution is 7.21. The van der Waals surface area contributed by atoms with Crippen molar-refractivity contribution in [2.24, 2.45) is 5.73 Å². The molecule has 0 radical (unpaired) electrons. The second-order valence-corrected chi connectivity index (χ2v) is 9.04. The smallest absolute Gasteiger partial charge is 0.259 e. The van der Waals surface area contributed by atoms with Crippen LogP contribution >= 0.6 is 11.3 Å². The van der Waals surface area contributed by atoms with Gasteiger partial charge >= 0.3 is 0 Å². The number of benzene rings is 1. The molecule has 0 aliphatic carbocycles. The van der Waals surface area contributed by atoms with E-state index in [1.54, 1.807) is 5.06 Å². The van der Waals surface area contributed by atoms with E-state index in [-0.39, 0.29) is 6.10 Å². The van der Waals surface area contributed by atoms with Gasteiger partial charge in [0.25, 0.3) is 11.9 Å². The zero-order valence-electron chi connectivity index (χ0n) is 18.3. The molecule has 4 rings (SSSR count). The Morgan fingerprint density at radius 3 is 2.45 bits per heavy atom. The van der Waals surface area contributed by atoms with Crippen molar-refractivity contribution in [2.45, 2.75) is 26.9 Å². The summed E-state index contributed by atoms with van der Waals surface area (Å²) in [5, 5.41) is 1.67. The molecule has 3 heterocycles. The second-order valence-electron chi connectivity index (χ2n) is 8.02. The number of carbonyl (C=O) groups excluding carboxylic acids is 1. The highest BCUT2D eigenvalue weighted by Gasteiger charge is 2.26. The van der Waals surface area contributed by atoms with E-state index < -0.39 is 5.91 Å². The van der Waals surface area contributed by atoms with Crippen LogP contribution in [0.15, 0.2) is 30.3 Å². The summed E-state index contributed by atoms with van der Waals surface area (Å²) in [6, 6.07) is 9.78. The number of likely N-dealkylation sites (N-methyl/N-ethyl adjacent to an activating group) is 1. The number of carbonyl (C=O) groups is 1. The van der Waals surface area contributed by atoms with Crippen molar-refractivity contribution in [1.82, 2.24) is 14.9 Å². The van der Waals surface area contributed by atoms with Crippen LogP contribution in [0.3, 0.4) is 0 Å². The highest BCUT2D eigenvalue weighted by atomic mass is 32.1. The molecule has 0 bridgehead atoms. The lowest BCUT2D eigenvalue weighted by molar-refractivity contribution is 0.0766. The summed E-state index contributed by atoms with van der Waals surface area (Å²) in [6.07, 6.45) is -0.0728. The Kier molecular flexibility index (Phi) is 6.08. The zero-order chi connectivity index (χ0) is 22.1. The number of piperazine rings is 1. The molecule has 2 N–H and O–H groups in total. The first kappa shape index (κ1) is 21.5. The summed E-state index contributed by atoms with van der Waals surface area (Å²) in [5.41, 5.74) is 8.01. The first-order valence-corrected chi connectivity index (χ1v) is 11.2. The van der Waals surface area contributed by atoms with Crippen LogP contribution in [-0.2, 0) is 4.84 Å². The first-order valence-electron chi connectivity index (χ1n) is 10.4. The van der Waals surface area contributed by atoms with Gasteiger partial charge in [0.15, 0.2) is 5.82 Å². The van der Waals surface area contributed by atoms with Crippen LogP contribution in [0, 0.1) is 6.92 Å². The summed E-state index contributed by atoms with van der Waals surface area (Å²) in [5.74, 6) is 0.824. The fourth-order valence-corrected chi connectivity index (χ4v) is 4.73. The summed E-state index contributed by atoms with van der Waals surface area (Å²) >= 11 is 1.37. The molecule has 0 unspecified atom stereocenters. The fraction of sp³-hybridized carbons (Fsp3) is 0.409. The maximum atomic E-state index is 12.0. The average molecular weight is 441 g/mol. The van der Waals surface area contributed by atoms with Crippen molar-refractivity contribution in [3.05, 3.63) is 40.8 Å². The largest absolute Gasteiger partial charge is 0.365 e. The van der Waals surface area contributed by atoms with E-state index in [1.165, 1.54) is 11.3 Å². The fourth-order valence-electron chi connectivity index (χ4n) is 3.62. The summed E-state index contributed by atoms with van der Waals surface area (Å²) < 4.78 is 0.886. The Bertz CT molecular complexity index is 1080. The molecule has 9 heteroatoms. The van der Waals surface area contributed by atoms with Gasteiger partial charge in [0.1, 0.15) is 0 Å². The standard InChI is InChI=1S/C22H28N6O2S/c1-14(2)30-28(16-8-6-5-7-9-16)22-24-17-15(3)18(20(23)29)31-19(17)21(25-22)27-12-10-26(4)11-13-27/h5-9,14H,10-13H2,1-4H3,(H2,23,29). The number of aryl methyl sites for hydroxylation is 1. The van der Waals surface area contributed by atoms with Gasteiger partial charge in [-0.3, -0.25) is 9.63 Å². The topological polar surface area (TPSA) is 87.8 Å². The Morgan fingerprint density at radius 2 is 1.84 bits per heavy atom. The molecule has 0 saturated carbocycles. The molecule has 3 aromatic rings. The summed E-state index contributed by atoms with van der Waals surface area (Å²) in [4.78, 5) is 33.0. The van der Waals surface area contributed by atoms with Gasteiger partial charge in [-0.15, -0.1) is 11.3 Å². The number of para-hydroxylation sites is 1. The van der Waals surface area contributed by atoms with Gasteiger partial charge in [-0.1, -0.05) is 18.2 Å². The molecular weight excluding hydrogens is 412 g/mol. The minimum Gasteiger partial charge on any atom is -0.365 e. The van der Waals surface area contributed by atoms with E-state index in [9.17, 15) is 4.79 Å². The van der Waals surface area contributed by atoms with Gasteiger partial charge in [0.2, 0.25) is 0 Å². The number of amides is 1. The number of primary amides is 1. The summed E-state index contributed by atoms with van der Waals surface area (Å²) in [7, 11) is 2.12. The molecule has 0 spiro atoms. The first-order chi connectivity index (χ1) is 14.8. The highest BCUT2D eigenvalue weighted by Crippen LogP contribution is 2.38. The lowest BCUT2D eigenvalue weighted by Crippen LogP contribution is -2.45. The van der Waals surface area contributed by atoms with Crippen molar-refractivity contribution >= 4 is 44.9 Å². The Hall–Kier alpha value is -2.75. The van der Waals surface area contributed by atoms with E-state index in [0.29, 0.717) is 10.8 Å². The third-order valence-electron chi connectivity index (χ3n) is 5.25. The number of hydrogen-bond acceptors (Lipinski definition) is 8. The van der Waals surface area contributed by atoms with Crippen molar-refractivity contribution < 1.29 is 9.63 Å². The minimum absolute atomic E-state index is 0.0728. The molecule has 1 aliphatic rings. The molecule has 1 aromatic carbocycles. The Balaban J connectivity index is 1.90. The van der Waals surface area contributed by atoms with Crippen LogP contribution < -0.4 is 15.7 Å². The van der Waals surface area contributed by atoms with Gasteiger partial charge in [0, 0.05) is 26.2 Å². The number of rotatable bonds is 6. The third-order valence-corrected chi connectivity index (χ3v) is 6.54. The number of hydrogen-bond donors (Lipinski definition) is 1. The zero-order valence-corrected chi connectivity index (χ0v) is 19.1. The molecule has 8 nitrogen and oxygen atoms in total. The van der Waals surface area contributed by atoms with E-state index in [1.807, 2.05) is 51.1 Å². The average Bonchev–Trinajstić information content (AvgIpc) is 3.09. The number of fused-ring (bicyclic) bond motifs is 1. The number of anilines is 3. The van der Waals surface area contributed by atoms with Crippen molar-refractivity contribution in [1.29, 1.82) is 0 Å². The molecule has 1 amide bonds. The normalized spacial score (nSPS) is 15.1. The maximum Gasteiger partial charge on any atom is 0.259 e.